The highest BCUT2D eigenvalue weighted by molar-refractivity contribution is 5.74. The number of likely N-dealkylation sites (N-methyl/N-ethyl adjacent to an activating group) is 1. The molecule has 5 heteroatoms. The molecule has 0 fully saturated rings. The minimum Gasteiger partial charge on any atom is -0.394 e. The third-order valence-electron chi connectivity index (χ3n) is 2.46. The largest absolute Gasteiger partial charge is 0.394 e. The molecule has 0 heterocycles. The van der Waals surface area contributed by atoms with Crippen LogP contribution in [0.15, 0.2) is 0 Å². The van der Waals surface area contributed by atoms with Crippen LogP contribution >= 0.6 is 0 Å². The molecule has 1 unspecified atom stereocenters. The molecule has 0 aliphatic rings. The summed E-state index contributed by atoms with van der Waals surface area (Å²) in [5.74, 6) is 0. The molecule has 0 rings (SSSR count). The SMILES string of the molecule is COC(C)(C)CNC(=O)N(C)C(C)CO. The highest BCUT2D eigenvalue weighted by Gasteiger charge is 2.20. The lowest BCUT2D eigenvalue weighted by molar-refractivity contribution is 0.0240. The maximum absolute atomic E-state index is 11.6. The van der Waals surface area contributed by atoms with Crippen LogP contribution in [0.2, 0.25) is 0 Å². The summed E-state index contributed by atoms with van der Waals surface area (Å²) in [6, 6.07) is -0.391. The first kappa shape index (κ1) is 14.2. The molecule has 5 nitrogen and oxygen atoms in total. The summed E-state index contributed by atoms with van der Waals surface area (Å²) in [4.78, 5) is 13.0. The molecule has 0 aromatic rings. The predicted octanol–water partition coefficient (Wildman–Crippen LogP) is 0.434. The van der Waals surface area contributed by atoms with E-state index in [0.29, 0.717) is 6.54 Å². The summed E-state index contributed by atoms with van der Waals surface area (Å²) >= 11 is 0. The highest BCUT2D eigenvalue weighted by Crippen LogP contribution is 2.05. The van der Waals surface area contributed by atoms with Gasteiger partial charge in [-0.2, -0.15) is 0 Å². The van der Waals surface area contributed by atoms with Crippen molar-refractivity contribution in [1.82, 2.24) is 10.2 Å². The van der Waals surface area contributed by atoms with E-state index in [4.69, 9.17) is 9.84 Å². The third-order valence-corrected chi connectivity index (χ3v) is 2.46. The Morgan fingerprint density at radius 1 is 1.60 bits per heavy atom. The molecule has 0 bridgehead atoms. The number of carbonyl (C=O) groups is 1. The molecule has 0 aliphatic heterocycles. The second-order valence-electron chi connectivity index (χ2n) is 4.27. The Bertz CT molecular complexity index is 207. The molecule has 15 heavy (non-hydrogen) atoms. The van der Waals surface area contributed by atoms with Crippen LogP contribution in [0.25, 0.3) is 0 Å². The van der Waals surface area contributed by atoms with Gasteiger partial charge in [0.05, 0.1) is 18.2 Å². The van der Waals surface area contributed by atoms with Gasteiger partial charge >= 0.3 is 6.03 Å². The van der Waals surface area contributed by atoms with E-state index in [-0.39, 0.29) is 24.3 Å². The van der Waals surface area contributed by atoms with Crippen LogP contribution in [0.3, 0.4) is 0 Å². The smallest absolute Gasteiger partial charge is 0.317 e. The van der Waals surface area contributed by atoms with Crippen molar-refractivity contribution in [1.29, 1.82) is 0 Å². The molecular formula is C10H22N2O3. The molecule has 2 amide bonds. The number of amides is 2. The van der Waals surface area contributed by atoms with E-state index in [2.05, 4.69) is 5.32 Å². The Kier molecular flexibility index (Phi) is 5.60. The van der Waals surface area contributed by atoms with Crippen LogP contribution in [0.1, 0.15) is 20.8 Å². The molecule has 0 aromatic carbocycles. The van der Waals surface area contributed by atoms with E-state index < -0.39 is 0 Å². The van der Waals surface area contributed by atoms with Gasteiger partial charge < -0.3 is 20.1 Å². The van der Waals surface area contributed by atoms with Crippen molar-refractivity contribution >= 4 is 6.03 Å². The fourth-order valence-corrected chi connectivity index (χ4v) is 0.808. The molecule has 0 radical (unpaired) electrons. The van der Waals surface area contributed by atoms with Crippen LogP contribution in [0.4, 0.5) is 4.79 Å². The standard InChI is InChI=1S/C10H22N2O3/c1-8(6-13)12(4)9(14)11-7-10(2,3)15-5/h8,13H,6-7H2,1-5H3,(H,11,14). The molecule has 0 spiro atoms. The molecular weight excluding hydrogens is 196 g/mol. The van der Waals surface area contributed by atoms with Gasteiger partial charge in [0.25, 0.3) is 0 Å². The van der Waals surface area contributed by atoms with E-state index in [9.17, 15) is 4.79 Å². The maximum atomic E-state index is 11.6. The average Bonchev–Trinajstić information content (AvgIpc) is 2.23. The number of aliphatic hydroxyl groups is 1. The number of nitrogens with one attached hydrogen (secondary N) is 1. The lowest BCUT2D eigenvalue weighted by Crippen LogP contribution is -2.48. The summed E-state index contributed by atoms with van der Waals surface area (Å²) in [6.07, 6.45) is 0. The minimum absolute atomic E-state index is 0.0441. The van der Waals surface area contributed by atoms with Crippen molar-refractivity contribution in [3.05, 3.63) is 0 Å². The van der Waals surface area contributed by atoms with E-state index in [0.717, 1.165) is 0 Å². The molecule has 90 valence electrons. The van der Waals surface area contributed by atoms with Crippen molar-refractivity contribution in [3.63, 3.8) is 0 Å². The van der Waals surface area contributed by atoms with Gasteiger partial charge in [-0.05, 0) is 20.8 Å². The van der Waals surface area contributed by atoms with Gasteiger partial charge in [-0.15, -0.1) is 0 Å². The van der Waals surface area contributed by atoms with Crippen LogP contribution in [-0.4, -0.2) is 55.0 Å². The van der Waals surface area contributed by atoms with Crippen molar-refractivity contribution in [3.8, 4) is 0 Å². The summed E-state index contributed by atoms with van der Waals surface area (Å²) < 4.78 is 5.17. The first-order valence-corrected chi connectivity index (χ1v) is 5.00. The lowest BCUT2D eigenvalue weighted by Gasteiger charge is -2.27. The molecule has 0 aliphatic carbocycles. The monoisotopic (exact) mass is 218 g/mol. The van der Waals surface area contributed by atoms with E-state index in [1.807, 2.05) is 13.8 Å². The van der Waals surface area contributed by atoms with Crippen molar-refractivity contribution in [2.75, 3.05) is 27.3 Å². The Morgan fingerprint density at radius 2 is 2.13 bits per heavy atom. The fourth-order valence-electron chi connectivity index (χ4n) is 0.808. The van der Waals surface area contributed by atoms with Crippen LogP contribution in [-0.2, 0) is 4.74 Å². The van der Waals surface area contributed by atoms with Crippen LogP contribution < -0.4 is 5.32 Å². The number of aliphatic hydroxyl groups excluding tert-OH is 1. The number of rotatable bonds is 5. The van der Waals surface area contributed by atoms with Crippen molar-refractivity contribution in [2.24, 2.45) is 0 Å². The van der Waals surface area contributed by atoms with E-state index in [1.165, 1.54) is 4.90 Å². The summed E-state index contributed by atoms with van der Waals surface area (Å²) in [6.45, 7) is 5.95. The second kappa shape index (κ2) is 5.92. The van der Waals surface area contributed by atoms with Gasteiger partial charge in [0, 0.05) is 20.7 Å². The molecule has 0 saturated carbocycles. The zero-order valence-corrected chi connectivity index (χ0v) is 10.2. The summed E-state index contributed by atoms with van der Waals surface area (Å²) in [5, 5.41) is 11.6. The maximum Gasteiger partial charge on any atom is 0.317 e. The predicted molar refractivity (Wildman–Crippen MR) is 58.8 cm³/mol. The number of ether oxygens (including phenoxy) is 1. The molecule has 0 saturated heterocycles. The van der Waals surface area contributed by atoms with E-state index in [1.54, 1.807) is 21.1 Å². The summed E-state index contributed by atoms with van der Waals surface area (Å²) in [7, 11) is 3.25. The Hall–Kier alpha value is -0.810. The minimum atomic E-state index is -0.376. The number of hydrogen-bond donors (Lipinski definition) is 2. The Labute approximate surface area is 91.4 Å². The first-order valence-electron chi connectivity index (χ1n) is 5.00. The van der Waals surface area contributed by atoms with Crippen molar-refractivity contribution < 1.29 is 14.6 Å². The quantitative estimate of drug-likeness (QED) is 0.703. The van der Waals surface area contributed by atoms with Gasteiger partial charge in [0.15, 0.2) is 0 Å². The number of carbonyl (C=O) groups excluding carboxylic acids is 1. The number of hydrogen-bond acceptors (Lipinski definition) is 3. The van der Waals surface area contributed by atoms with Crippen LogP contribution in [0, 0.1) is 0 Å². The van der Waals surface area contributed by atoms with Crippen molar-refractivity contribution in [2.45, 2.75) is 32.4 Å². The Balaban J connectivity index is 4.04. The first-order chi connectivity index (χ1) is 6.84. The zero-order chi connectivity index (χ0) is 12.1. The van der Waals surface area contributed by atoms with E-state index >= 15 is 0 Å². The number of urea groups is 1. The Morgan fingerprint density at radius 3 is 2.53 bits per heavy atom. The zero-order valence-electron chi connectivity index (χ0n) is 10.2. The highest BCUT2D eigenvalue weighted by atomic mass is 16.5. The topological polar surface area (TPSA) is 61.8 Å². The second-order valence-corrected chi connectivity index (χ2v) is 4.27. The van der Waals surface area contributed by atoms with Gasteiger partial charge in [-0.3, -0.25) is 0 Å². The molecule has 1 atom stereocenters. The average molecular weight is 218 g/mol. The van der Waals surface area contributed by atoms with Crippen LogP contribution in [0.5, 0.6) is 0 Å². The third kappa shape index (κ3) is 4.99. The number of nitrogens with zero attached hydrogens (tertiary/aromatic N) is 1. The lowest BCUT2D eigenvalue weighted by atomic mass is 10.1. The number of methoxy groups -OCH3 is 1. The fraction of sp³-hybridized carbons (Fsp3) is 0.900. The molecule has 2 N–H and O–H groups in total. The molecule has 0 aromatic heterocycles. The van der Waals surface area contributed by atoms with Gasteiger partial charge in [0.2, 0.25) is 0 Å². The van der Waals surface area contributed by atoms with Gasteiger partial charge in [-0.1, -0.05) is 0 Å². The van der Waals surface area contributed by atoms with Gasteiger partial charge in [-0.25, -0.2) is 4.79 Å². The van der Waals surface area contributed by atoms with Gasteiger partial charge in [0.1, 0.15) is 0 Å². The summed E-state index contributed by atoms with van der Waals surface area (Å²) in [5.41, 5.74) is -0.376. The normalized spacial score (nSPS) is 13.5.